The predicted molar refractivity (Wildman–Crippen MR) is 89.6 cm³/mol. The lowest BCUT2D eigenvalue weighted by Crippen LogP contribution is -2.20. The van der Waals surface area contributed by atoms with Crippen LogP contribution in [0.5, 0.6) is 11.5 Å². The summed E-state index contributed by atoms with van der Waals surface area (Å²) in [7, 11) is 0. The Morgan fingerprint density at radius 2 is 2.12 bits per heavy atom. The number of amides is 1. The number of carbonyl (C=O) groups is 1. The molecule has 1 atom stereocenters. The minimum Gasteiger partial charge on any atom is -0.490 e. The van der Waals surface area contributed by atoms with Crippen LogP contribution in [0.2, 0.25) is 0 Å². The highest BCUT2D eigenvalue weighted by molar-refractivity contribution is 7.15. The summed E-state index contributed by atoms with van der Waals surface area (Å²) in [5.41, 5.74) is 0. The van der Waals surface area contributed by atoms with Crippen LogP contribution >= 0.6 is 11.3 Å². The zero-order valence-corrected chi connectivity index (χ0v) is 14.2. The van der Waals surface area contributed by atoms with Crippen LogP contribution in [-0.2, 0) is 9.53 Å². The van der Waals surface area contributed by atoms with Crippen LogP contribution in [0.1, 0.15) is 30.9 Å². The highest BCUT2D eigenvalue weighted by Gasteiger charge is 2.22. The quantitative estimate of drug-likeness (QED) is 0.828. The van der Waals surface area contributed by atoms with E-state index in [0.29, 0.717) is 23.2 Å². The third-order valence-electron chi connectivity index (χ3n) is 3.40. The van der Waals surface area contributed by atoms with Gasteiger partial charge in [0, 0.05) is 6.61 Å². The molecule has 1 aromatic carbocycles. The lowest BCUT2D eigenvalue weighted by atomic mass is 10.2. The van der Waals surface area contributed by atoms with Crippen LogP contribution in [0.4, 0.5) is 5.13 Å². The summed E-state index contributed by atoms with van der Waals surface area (Å²) in [5.74, 6) is 0.854. The molecule has 1 N–H and O–H groups in total. The second kappa shape index (κ2) is 8.07. The van der Waals surface area contributed by atoms with Gasteiger partial charge in [0.2, 0.25) is 5.13 Å². The van der Waals surface area contributed by atoms with E-state index in [0.717, 1.165) is 24.5 Å². The standard InChI is InChI=1S/C16H19N3O4S/c1-2-21-11-6-3-4-7-12(11)23-10-14(20)17-16-19-18-15(24-16)13-8-5-9-22-13/h3-4,6-7,13H,2,5,8-10H2,1H3,(H,17,19,20). The number of ether oxygens (including phenoxy) is 3. The second-order valence-corrected chi connectivity index (χ2v) is 6.17. The monoisotopic (exact) mass is 349 g/mol. The summed E-state index contributed by atoms with van der Waals surface area (Å²) in [6, 6.07) is 7.24. The van der Waals surface area contributed by atoms with E-state index in [9.17, 15) is 4.79 Å². The van der Waals surface area contributed by atoms with Crippen LogP contribution in [0.3, 0.4) is 0 Å². The molecule has 2 heterocycles. The first kappa shape index (κ1) is 16.7. The molecule has 1 saturated heterocycles. The first-order chi connectivity index (χ1) is 11.8. The largest absolute Gasteiger partial charge is 0.490 e. The molecule has 3 rings (SSSR count). The fourth-order valence-electron chi connectivity index (χ4n) is 2.33. The average Bonchev–Trinajstić information content (AvgIpc) is 3.25. The van der Waals surface area contributed by atoms with E-state index in [-0.39, 0.29) is 18.6 Å². The van der Waals surface area contributed by atoms with Gasteiger partial charge in [-0.25, -0.2) is 0 Å². The van der Waals surface area contributed by atoms with Crippen molar-refractivity contribution < 1.29 is 19.0 Å². The van der Waals surface area contributed by atoms with Gasteiger partial charge in [-0.1, -0.05) is 23.5 Å². The van der Waals surface area contributed by atoms with E-state index in [2.05, 4.69) is 15.5 Å². The van der Waals surface area contributed by atoms with E-state index >= 15 is 0 Å². The van der Waals surface area contributed by atoms with Gasteiger partial charge in [0.25, 0.3) is 5.91 Å². The third-order valence-corrected chi connectivity index (χ3v) is 4.33. The van der Waals surface area contributed by atoms with Crippen molar-refractivity contribution in [2.24, 2.45) is 0 Å². The summed E-state index contributed by atoms with van der Waals surface area (Å²) >= 11 is 1.33. The Morgan fingerprint density at radius 1 is 1.33 bits per heavy atom. The van der Waals surface area contributed by atoms with Gasteiger partial charge in [0.1, 0.15) is 11.1 Å². The number of hydrogen-bond acceptors (Lipinski definition) is 7. The number of aromatic nitrogens is 2. The number of anilines is 1. The smallest absolute Gasteiger partial charge is 0.264 e. The Kier molecular flexibility index (Phi) is 5.60. The summed E-state index contributed by atoms with van der Waals surface area (Å²) in [6.07, 6.45) is 1.97. The second-order valence-electron chi connectivity index (χ2n) is 5.16. The molecule has 1 aromatic heterocycles. The molecular formula is C16H19N3O4S. The maximum Gasteiger partial charge on any atom is 0.264 e. The zero-order valence-electron chi connectivity index (χ0n) is 13.4. The molecule has 1 amide bonds. The van der Waals surface area contributed by atoms with Crippen molar-refractivity contribution in [1.29, 1.82) is 0 Å². The summed E-state index contributed by atoms with van der Waals surface area (Å²) in [5, 5.41) is 12.0. The van der Waals surface area contributed by atoms with E-state index in [1.165, 1.54) is 11.3 Å². The van der Waals surface area contributed by atoms with Crippen molar-refractivity contribution in [2.75, 3.05) is 25.1 Å². The molecule has 2 aromatic rings. The van der Waals surface area contributed by atoms with Gasteiger partial charge in [-0.3, -0.25) is 10.1 Å². The number of para-hydroxylation sites is 2. The molecule has 128 valence electrons. The molecule has 1 fully saturated rings. The van der Waals surface area contributed by atoms with Gasteiger partial charge in [0.15, 0.2) is 18.1 Å². The molecule has 0 aliphatic carbocycles. The molecule has 1 aliphatic heterocycles. The van der Waals surface area contributed by atoms with Crippen molar-refractivity contribution in [2.45, 2.75) is 25.9 Å². The first-order valence-corrected chi connectivity index (χ1v) is 8.67. The lowest BCUT2D eigenvalue weighted by molar-refractivity contribution is -0.118. The number of rotatable bonds is 7. The van der Waals surface area contributed by atoms with Gasteiger partial charge >= 0.3 is 0 Å². The van der Waals surface area contributed by atoms with E-state index in [1.54, 1.807) is 12.1 Å². The number of nitrogens with zero attached hydrogens (tertiary/aromatic N) is 2. The van der Waals surface area contributed by atoms with Crippen LogP contribution in [0, 0.1) is 0 Å². The predicted octanol–water partition coefficient (Wildman–Crippen LogP) is 2.81. The zero-order chi connectivity index (χ0) is 16.8. The van der Waals surface area contributed by atoms with E-state index in [1.807, 2.05) is 19.1 Å². The molecule has 0 spiro atoms. The minimum atomic E-state index is -0.295. The SMILES string of the molecule is CCOc1ccccc1OCC(=O)Nc1nnc(C2CCCO2)s1. The van der Waals surface area contributed by atoms with Gasteiger partial charge in [-0.2, -0.15) is 0 Å². The average molecular weight is 349 g/mol. The number of hydrogen-bond donors (Lipinski definition) is 1. The normalized spacial score (nSPS) is 16.8. The van der Waals surface area contributed by atoms with Crippen molar-refractivity contribution in [3.63, 3.8) is 0 Å². The Balaban J connectivity index is 1.52. The molecule has 8 heteroatoms. The van der Waals surface area contributed by atoms with Crippen molar-refractivity contribution in [3.05, 3.63) is 29.3 Å². The van der Waals surface area contributed by atoms with E-state index < -0.39 is 0 Å². The fourth-order valence-corrected chi connectivity index (χ4v) is 3.17. The molecule has 1 unspecified atom stereocenters. The Bertz CT molecular complexity index is 685. The van der Waals surface area contributed by atoms with Gasteiger partial charge in [-0.05, 0) is 31.9 Å². The minimum absolute atomic E-state index is 0.00229. The fraction of sp³-hybridized carbons (Fsp3) is 0.438. The molecular weight excluding hydrogens is 330 g/mol. The van der Waals surface area contributed by atoms with Crippen LogP contribution < -0.4 is 14.8 Å². The molecule has 7 nitrogen and oxygen atoms in total. The number of benzene rings is 1. The highest BCUT2D eigenvalue weighted by Crippen LogP contribution is 2.32. The van der Waals surface area contributed by atoms with Crippen LogP contribution in [-0.4, -0.2) is 35.9 Å². The number of nitrogens with one attached hydrogen (secondary N) is 1. The van der Waals surface area contributed by atoms with Crippen molar-refractivity contribution >= 4 is 22.4 Å². The molecule has 0 bridgehead atoms. The van der Waals surface area contributed by atoms with Gasteiger partial charge in [-0.15, -0.1) is 10.2 Å². The Hall–Kier alpha value is -2.19. The maximum atomic E-state index is 12.0. The molecule has 0 saturated carbocycles. The Labute approximate surface area is 144 Å². The lowest BCUT2D eigenvalue weighted by Gasteiger charge is -2.10. The summed E-state index contributed by atoms with van der Waals surface area (Å²) in [4.78, 5) is 12.0. The molecule has 24 heavy (non-hydrogen) atoms. The van der Waals surface area contributed by atoms with Gasteiger partial charge < -0.3 is 14.2 Å². The van der Waals surface area contributed by atoms with Crippen LogP contribution in [0.15, 0.2) is 24.3 Å². The number of carbonyl (C=O) groups excluding carboxylic acids is 1. The third kappa shape index (κ3) is 4.21. The van der Waals surface area contributed by atoms with Crippen molar-refractivity contribution in [3.8, 4) is 11.5 Å². The van der Waals surface area contributed by atoms with Crippen LogP contribution in [0.25, 0.3) is 0 Å². The summed E-state index contributed by atoms with van der Waals surface area (Å²) in [6.45, 7) is 3.05. The summed E-state index contributed by atoms with van der Waals surface area (Å²) < 4.78 is 16.5. The van der Waals surface area contributed by atoms with Gasteiger partial charge in [0.05, 0.1) is 6.61 Å². The first-order valence-electron chi connectivity index (χ1n) is 7.85. The molecule has 1 aliphatic rings. The van der Waals surface area contributed by atoms with E-state index in [4.69, 9.17) is 14.2 Å². The van der Waals surface area contributed by atoms with Crippen molar-refractivity contribution in [1.82, 2.24) is 10.2 Å². The maximum absolute atomic E-state index is 12.0. The topological polar surface area (TPSA) is 82.6 Å². The Morgan fingerprint density at radius 3 is 2.83 bits per heavy atom. The molecule has 0 radical (unpaired) electrons. The highest BCUT2D eigenvalue weighted by atomic mass is 32.1.